The first kappa shape index (κ1) is 25.1. The Morgan fingerprint density at radius 1 is 1.11 bits per heavy atom. The third-order valence-electron chi connectivity index (χ3n) is 7.32. The fourth-order valence-electron chi connectivity index (χ4n) is 5.24. The van der Waals surface area contributed by atoms with Gasteiger partial charge in [0, 0.05) is 40.2 Å². The van der Waals surface area contributed by atoms with Crippen LogP contribution < -0.4 is 4.74 Å². The van der Waals surface area contributed by atoms with Crippen LogP contribution in [0, 0.1) is 11.3 Å². The van der Waals surface area contributed by atoms with Gasteiger partial charge in [-0.2, -0.15) is 0 Å². The van der Waals surface area contributed by atoms with Crippen LogP contribution in [0.25, 0.3) is 22.2 Å². The number of rotatable bonds is 8. The van der Waals surface area contributed by atoms with E-state index in [1.165, 1.54) is 27.7 Å². The van der Waals surface area contributed by atoms with Gasteiger partial charge >= 0.3 is 5.97 Å². The Morgan fingerprint density at radius 2 is 1.83 bits per heavy atom. The lowest BCUT2D eigenvalue weighted by atomic mass is 9.86. The molecule has 2 atom stereocenters. The van der Waals surface area contributed by atoms with Gasteiger partial charge in [0.05, 0.1) is 5.52 Å². The first-order valence-electron chi connectivity index (χ1n) is 12.9. The maximum Gasteiger partial charge on any atom is 0.333 e. The van der Waals surface area contributed by atoms with E-state index in [1.54, 1.807) is 6.92 Å². The standard InChI is InChI=1S/C31H39NO3/c1-8-22-11-9-10-12-25(22)27-17-23-13-14-24(18-26(23)32(27)19-20(2)3)34-28-15-16-29(31(28,6)7)35-30(33)21(4)5/h9-14,17-18,20,28-29H,4,8,15-16,19H2,1-3,5-7H3. The number of benzene rings is 2. The van der Waals surface area contributed by atoms with Gasteiger partial charge in [0.25, 0.3) is 0 Å². The van der Waals surface area contributed by atoms with Gasteiger partial charge in [-0.15, -0.1) is 0 Å². The van der Waals surface area contributed by atoms with Gasteiger partial charge < -0.3 is 14.0 Å². The summed E-state index contributed by atoms with van der Waals surface area (Å²) < 4.78 is 14.7. The summed E-state index contributed by atoms with van der Waals surface area (Å²) in [6.45, 7) is 17.3. The molecule has 4 heteroatoms. The van der Waals surface area contributed by atoms with E-state index in [1.807, 2.05) is 0 Å². The SMILES string of the molecule is C=C(C)C(=O)OC1CCC(Oc2ccc3cc(-c4ccccc4CC)n(CC(C)C)c3c2)C1(C)C. The molecule has 1 aromatic heterocycles. The minimum atomic E-state index is -0.323. The molecule has 1 aliphatic carbocycles. The molecule has 0 amide bonds. The number of carbonyl (C=O) groups excluding carboxylic acids is 1. The van der Waals surface area contributed by atoms with Crippen LogP contribution in [0.5, 0.6) is 5.75 Å². The Balaban J connectivity index is 1.67. The van der Waals surface area contributed by atoms with Crippen LogP contribution >= 0.6 is 0 Å². The van der Waals surface area contributed by atoms with E-state index in [4.69, 9.17) is 9.47 Å². The molecule has 1 aliphatic rings. The van der Waals surface area contributed by atoms with Crippen LogP contribution in [0.15, 0.2) is 60.7 Å². The average molecular weight is 474 g/mol. The molecule has 0 bridgehead atoms. The Labute approximate surface area is 209 Å². The summed E-state index contributed by atoms with van der Waals surface area (Å²) in [7, 11) is 0. The predicted octanol–water partition coefficient (Wildman–Crippen LogP) is 7.58. The van der Waals surface area contributed by atoms with E-state index in [0.29, 0.717) is 11.5 Å². The van der Waals surface area contributed by atoms with Gasteiger partial charge in [0.15, 0.2) is 0 Å². The molecule has 4 rings (SSSR count). The molecule has 2 aromatic carbocycles. The molecule has 1 heterocycles. The van der Waals surface area contributed by atoms with E-state index in [9.17, 15) is 4.79 Å². The smallest absolute Gasteiger partial charge is 0.333 e. The number of ether oxygens (including phenoxy) is 2. The van der Waals surface area contributed by atoms with Crippen LogP contribution in [-0.4, -0.2) is 22.7 Å². The van der Waals surface area contributed by atoms with Crippen molar-refractivity contribution in [3.8, 4) is 17.0 Å². The fraction of sp³-hybridized carbons (Fsp3) is 0.452. The average Bonchev–Trinajstić information content (AvgIpc) is 3.30. The maximum atomic E-state index is 12.1. The molecule has 1 saturated carbocycles. The topological polar surface area (TPSA) is 40.5 Å². The van der Waals surface area contributed by atoms with Gasteiger partial charge in [-0.3, -0.25) is 0 Å². The van der Waals surface area contributed by atoms with Crippen LogP contribution in [0.4, 0.5) is 0 Å². The summed E-state index contributed by atoms with van der Waals surface area (Å²) in [6.07, 6.45) is 2.43. The second kappa shape index (κ2) is 9.93. The Hall–Kier alpha value is -3.01. The lowest BCUT2D eigenvalue weighted by Crippen LogP contribution is -2.38. The van der Waals surface area contributed by atoms with Crippen LogP contribution in [-0.2, 0) is 22.5 Å². The van der Waals surface area contributed by atoms with Gasteiger partial charge in [-0.05, 0) is 55.9 Å². The van der Waals surface area contributed by atoms with E-state index < -0.39 is 0 Å². The molecule has 0 spiro atoms. The molecular weight excluding hydrogens is 434 g/mol. The zero-order chi connectivity index (χ0) is 25.3. The largest absolute Gasteiger partial charge is 0.490 e. The Morgan fingerprint density at radius 3 is 2.51 bits per heavy atom. The highest BCUT2D eigenvalue weighted by Gasteiger charge is 2.47. The molecule has 3 aromatic rings. The normalized spacial score (nSPS) is 19.3. The molecular formula is C31H39NO3. The molecule has 4 nitrogen and oxygen atoms in total. The summed E-state index contributed by atoms with van der Waals surface area (Å²) in [6, 6.07) is 17.4. The van der Waals surface area contributed by atoms with Crippen molar-refractivity contribution in [2.45, 2.75) is 79.6 Å². The molecule has 2 unspecified atom stereocenters. The number of aromatic nitrogens is 1. The number of carbonyl (C=O) groups is 1. The van der Waals surface area contributed by atoms with E-state index in [0.717, 1.165) is 31.6 Å². The van der Waals surface area contributed by atoms with Crippen molar-refractivity contribution in [1.82, 2.24) is 4.57 Å². The van der Waals surface area contributed by atoms with Crippen molar-refractivity contribution in [3.05, 3.63) is 66.2 Å². The monoisotopic (exact) mass is 473 g/mol. The summed E-state index contributed by atoms with van der Waals surface area (Å²) in [5, 5.41) is 1.22. The third-order valence-corrected chi connectivity index (χ3v) is 7.32. The molecule has 0 N–H and O–H groups in total. The summed E-state index contributed by atoms with van der Waals surface area (Å²) in [5.74, 6) is 1.05. The van der Waals surface area contributed by atoms with Crippen molar-refractivity contribution >= 4 is 16.9 Å². The predicted molar refractivity (Wildman–Crippen MR) is 144 cm³/mol. The van der Waals surface area contributed by atoms with Crippen molar-refractivity contribution in [2.24, 2.45) is 11.3 Å². The number of nitrogens with zero attached hydrogens (tertiary/aromatic N) is 1. The van der Waals surface area contributed by atoms with E-state index in [2.05, 4.69) is 94.3 Å². The van der Waals surface area contributed by atoms with Gasteiger partial charge in [-0.1, -0.05) is 65.5 Å². The summed E-state index contributed by atoms with van der Waals surface area (Å²) in [4.78, 5) is 12.1. The molecule has 1 fully saturated rings. The number of fused-ring (bicyclic) bond motifs is 1. The number of hydrogen-bond donors (Lipinski definition) is 0. The lowest BCUT2D eigenvalue weighted by molar-refractivity contribution is -0.150. The first-order chi connectivity index (χ1) is 16.6. The molecule has 0 radical (unpaired) electrons. The number of aryl methyl sites for hydroxylation is 1. The molecule has 0 aliphatic heterocycles. The number of hydrogen-bond acceptors (Lipinski definition) is 3. The third kappa shape index (κ3) is 5.03. The molecule has 0 saturated heterocycles. The van der Waals surface area contributed by atoms with E-state index in [-0.39, 0.29) is 23.6 Å². The first-order valence-corrected chi connectivity index (χ1v) is 12.9. The highest BCUT2D eigenvalue weighted by Crippen LogP contribution is 2.43. The second-order valence-electron chi connectivity index (χ2n) is 10.9. The van der Waals surface area contributed by atoms with Gasteiger partial charge in [-0.25, -0.2) is 4.79 Å². The maximum absolute atomic E-state index is 12.1. The van der Waals surface area contributed by atoms with Crippen molar-refractivity contribution < 1.29 is 14.3 Å². The van der Waals surface area contributed by atoms with Gasteiger partial charge in [0.1, 0.15) is 18.0 Å². The van der Waals surface area contributed by atoms with Crippen LogP contribution in [0.3, 0.4) is 0 Å². The highest BCUT2D eigenvalue weighted by atomic mass is 16.6. The highest BCUT2D eigenvalue weighted by molar-refractivity contribution is 5.89. The van der Waals surface area contributed by atoms with Crippen molar-refractivity contribution in [2.75, 3.05) is 0 Å². The second-order valence-corrected chi connectivity index (χ2v) is 10.9. The zero-order valence-electron chi connectivity index (χ0n) is 22.1. The number of esters is 1. The Bertz CT molecular complexity index is 1230. The summed E-state index contributed by atoms with van der Waals surface area (Å²) in [5.41, 5.74) is 5.26. The van der Waals surface area contributed by atoms with Crippen LogP contribution in [0.1, 0.15) is 59.9 Å². The van der Waals surface area contributed by atoms with Crippen molar-refractivity contribution in [1.29, 1.82) is 0 Å². The van der Waals surface area contributed by atoms with Gasteiger partial charge in [0.2, 0.25) is 0 Å². The van der Waals surface area contributed by atoms with Crippen LogP contribution in [0.2, 0.25) is 0 Å². The quantitative estimate of drug-likeness (QED) is 0.250. The Kier molecular flexibility index (Phi) is 7.12. The molecule has 186 valence electrons. The minimum absolute atomic E-state index is 0.0309. The van der Waals surface area contributed by atoms with E-state index >= 15 is 0 Å². The zero-order valence-corrected chi connectivity index (χ0v) is 22.1. The minimum Gasteiger partial charge on any atom is -0.490 e. The van der Waals surface area contributed by atoms with Crippen molar-refractivity contribution in [3.63, 3.8) is 0 Å². The summed E-state index contributed by atoms with van der Waals surface area (Å²) >= 11 is 0. The lowest BCUT2D eigenvalue weighted by Gasteiger charge is -2.32. The fourth-order valence-corrected chi connectivity index (χ4v) is 5.24. The molecule has 35 heavy (non-hydrogen) atoms.